The third-order valence-electron chi connectivity index (χ3n) is 6.31. The van der Waals surface area contributed by atoms with Gasteiger partial charge in [-0.05, 0) is 25.1 Å². The molecule has 0 aliphatic carbocycles. The molecule has 2 aliphatic heterocycles. The van der Waals surface area contributed by atoms with E-state index in [1.807, 2.05) is 11.8 Å². The van der Waals surface area contributed by atoms with Gasteiger partial charge in [-0.1, -0.05) is 6.07 Å². The smallest absolute Gasteiger partial charge is 0.269 e. The second kappa shape index (κ2) is 8.11. The molecule has 8 nitrogen and oxygen atoms in total. The molecule has 5 rings (SSSR count). The highest BCUT2D eigenvalue weighted by Gasteiger charge is 2.38. The molecule has 172 valence electrons. The van der Waals surface area contributed by atoms with E-state index in [1.54, 1.807) is 12.1 Å². The number of hydrogen-bond acceptors (Lipinski definition) is 6. The molecule has 0 spiro atoms. The fraction of sp³-hybridized carbons (Fsp3) is 0.348. The molecular weight excluding hydrogens is 434 g/mol. The van der Waals surface area contributed by atoms with E-state index in [2.05, 4.69) is 15.3 Å². The number of rotatable bonds is 5. The van der Waals surface area contributed by atoms with Gasteiger partial charge in [-0.15, -0.1) is 0 Å². The first-order valence-electron chi connectivity index (χ1n) is 10.7. The lowest BCUT2D eigenvalue weighted by Crippen LogP contribution is -2.60. The molecule has 0 saturated carbocycles. The Morgan fingerprint density at radius 1 is 1.33 bits per heavy atom. The Kier molecular flexibility index (Phi) is 5.24. The van der Waals surface area contributed by atoms with Crippen LogP contribution in [0.1, 0.15) is 28.5 Å². The van der Waals surface area contributed by atoms with Crippen LogP contribution >= 0.6 is 0 Å². The highest BCUT2D eigenvalue weighted by Crippen LogP contribution is 2.34. The Balaban J connectivity index is 1.29. The monoisotopic (exact) mass is 456 g/mol. The van der Waals surface area contributed by atoms with Crippen LogP contribution in [-0.2, 0) is 13.0 Å². The van der Waals surface area contributed by atoms with Gasteiger partial charge in [0.15, 0.2) is 11.6 Å². The fourth-order valence-electron chi connectivity index (χ4n) is 4.29. The van der Waals surface area contributed by atoms with Crippen molar-refractivity contribution >= 4 is 16.8 Å². The Bertz CT molecular complexity index is 1330. The number of hydrogen-bond donors (Lipinski definition) is 2. The normalized spacial score (nSPS) is 19.6. The number of amides is 1. The number of H-pyrrole nitrogens is 1. The second-order valence-electron chi connectivity index (χ2n) is 8.21. The van der Waals surface area contributed by atoms with Gasteiger partial charge in [0.1, 0.15) is 17.5 Å². The molecule has 33 heavy (non-hydrogen) atoms. The molecule has 3 aromatic rings. The first-order valence-corrected chi connectivity index (χ1v) is 10.7. The van der Waals surface area contributed by atoms with E-state index < -0.39 is 17.7 Å². The lowest BCUT2D eigenvalue weighted by molar-refractivity contribution is -0.0437. The fourth-order valence-corrected chi connectivity index (χ4v) is 4.29. The molecule has 10 heteroatoms. The van der Waals surface area contributed by atoms with E-state index >= 15 is 4.39 Å². The summed E-state index contributed by atoms with van der Waals surface area (Å²) in [7, 11) is 1.44. The molecule has 0 radical (unpaired) electrons. The van der Waals surface area contributed by atoms with Crippen molar-refractivity contribution in [1.82, 2.24) is 20.2 Å². The van der Waals surface area contributed by atoms with Crippen LogP contribution in [0.2, 0.25) is 0 Å². The standard InChI is InChI=1S/C23H22F2N4O4/c1-11-17(33-16-6-5-15(23(31)26-2)27-21(16)25)10-29(11)9-12-3-4-13-19(18(12)24)28-22(30)14-7-8-32-20(13)14/h3-6,11,17H,7-10H2,1-2H3,(H,26,31)(H,28,30)/t11-,17-/m0/s1. The number of aromatic nitrogens is 2. The third-order valence-corrected chi connectivity index (χ3v) is 6.31. The zero-order valence-electron chi connectivity index (χ0n) is 18.1. The number of likely N-dealkylation sites (tertiary alicyclic amines) is 1. The summed E-state index contributed by atoms with van der Waals surface area (Å²) in [5.41, 5.74) is 0.769. The van der Waals surface area contributed by atoms with E-state index in [1.165, 1.54) is 19.2 Å². The number of fused-ring (bicyclic) bond motifs is 3. The first-order chi connectivity index (χ1) is 15.9. The van der Waals surface area contributed by atoms with Gasteiger partial charge in [-0.25, -0.2) is 9.37 Å². The van der Waals surface area contributed by atoms with Gasteiger partial charge in [-0.2, -0.15) is 4.39 Å². The molecule has 1 saturated heterocycles. The summed E-state index contributed by atoms with van der Waals surface area (Å²) < 4.78 is 40.8. The van der Waals surface area contributed by atoms with Crippen molar-refractivity contribution in [1.29, 1.82) is 0 Å². The molecule has 0 unspecified atom stereocenters. The summed E-state index contributed by atoms with van der Waals surface area (Å²) in [5.74, 6) is -1.41. The maximum Gasteiger partial charge on any atom is 0.269 e. The molecular formula is C23H22F2N4O4. The maximum atomic E-state index is 15.2. The Morgan fingerprint density at radius 2 is 2.15 bits per heavy atom. The summed E-state index contributed by atoms with van der Waals surface area (Å²) in [5, 5.41) is 2.94. The molecule has 1 fully saturated rings. The number of nitrogens with one attached hydrogen (secondary N) is 2. The minimum atomic E-state index is -0.860. The molecule has 2 aromatic heterocycles. The van der Waals surface area contributed by atoms with Gasteiger partial charge in [-0.3, -0.25) is 14.5 Å². The van der Waals surface area contributed by atoms with Gasteiger partial charge in [0.2, 0.25) is 0 Å². The van der Waals surface area contributed by atoms with Crippen molar-refractivity contribution in [3.05, 3.63) is 63.2 Å². The van der Waals surface area contributed by atoms with E-state index in [0.29, 0.717) is 48.4 Å². The number of carbonyl (C=O) groups is 1. The molecule has 2 aliphatic rings. The number of pyridine rings is 2. The second-order valence-corrected chi connectivity index (χ2v) is 8.21. The van der Waals surface area contributed by atoms with Crippen LogP contribution in [0.3, 0.4) is 0 Å². The third kappa shape index (κ3) is 3.60. The van der Waals surface area contributed by atoms with Crippen LogP contribution in [0.15, 0.2) is 29.1 Å². The van der Waals surface area contributed by atoms with Crippen molar-refractivity contribution < 1.29 is 23.0 Å². The highest BCUT2D eigenvalue weighted by molar-refractivity contribution is 5.92. The number of ether oxygens (including phenoxy) is 2. The van der Waals surface area contributed by atoms with E-state index in [4.69, 9.17) is 9.47 Å². The number of nitrogens with zero attached hydrogens (tertiary/aromatic N) is 2. The van der Waals surface area contributed by atoms with E-state index in [0.717, 1.165) is 0 Å². The summed E-state index contributed by atoms with van der Waals surface area (Å²) in [6.45, 7) is 3.08. The molecule has 2 N–H and O–H groups in total. The van der Waals surface area contributed by atoms with Crippen LogP contribution in [0.5, 0.6) is 11.5 Å². The van der Waals surface area contributed by atoms with Crippen LogP contribution in [-0.4, -0.2) is 53.1 Å². The summed E-state index contributed by atoms with van der Waals surface area (Å²) >= 11 is 0. The van der Waals surface area contributed by atoms with Crippen molar-refractivity contribution in [2.75, 3.05) is 20.2 Å². The highest BCUT2D eigenvalue weighted by atomic mass is 19.1. The largest absolute Gasteiger partial charge is 0.492 e. The minimum absolute atomic E-state index is 0.0356. The molecule has 1 amide bonds. The molecule has 4 heterocycles. The van der Waals surface area contributed by atoms with Gasteiger partial charge < -0.3 is 19.8 Å². The summed E-state index contributed by atoms with van der Waals surface area (Å²) in [6.07, 6.45) is 0.202. The number of carbonyl (C=O) groups excluding carboxylic acids is 1. The van der Waals surface area contributed by atoms with Crippen LogP contribution < -0.4 is 20.3 Å². The average Bonchev–Trinajstić information content (AvgIpc) is 3.31. The van der Waals surface area contributed by atoms with Gasteiger partial charge in [0, 0.05) is 43.5 Å². The minimum Gasteiger partial charge on any atom is -0.492 e. The van der Waals surface area contributed by atoms with Gasteiger partial charge in [0.05, 0.1) is 17.7 Å². The lowest BCUT2D eigenvalue weighted by Gasteiger charge is -2.45. The zero-order chi connectivity index (χ0) is 23.3. The SMILES string of the molecule is CNC(=O)c1ccc(O[C@H]2CN(Cc3ccc4c5c(c(=O)[nH]c4c3F)CCO5)[C@H]2C)c(F)n1. The van der Waals surface area contributed by atoms with Crippen LogP contribution in [0.4, 0.5) is 8.78 Å². The number of halogens is 2. The number of benzene rings is 1. The predicted molar refractivity (Wildman–Crippen MR) is 116 cm³/mol. The first kappa shape index (κ1) is 21.3. The van der Waals surface area contributed by atoms with Gasteiger partial charge >= 0.3 is 0 Å². The topological polar surface area (TPSA) is 96.6 Å². The maximum absolute atomic E-state index is 15.2. The van der Waals surface area contributed by atoms with Crippen molar-refractivity contribution in [2.45, 2.75) is 32.0 Å². The molecule has 2 atom stereocenters. The molecule has 1 aromatic carbocycles. The Morgan fingerprint density at radius 3 is 2.88 bits per heavy atom. The Hall–Kier alpha value is -3.53. The summed E-state index contributed by atoms with van der Waals surface area (Å²) in [6, 6.07) is 6.12. The molecule has 0 bridgehead atoms. The van der Waals surface area contributed by atoms with E-state index in [-0.39, 0.29) is 34.7 Å². The van der Waals surface area contributed by atoms with Crippen LogP contribution in [0.25, 0.3) is 10.9 Å². The Labute approximate surface area is 187 Å². The quantitative estimate of drug-likeness (QED) is 0.572. The zero-order valence-corrected chi connectivity index (χ0v) is 18.1. The van der Waals surface area contributed by atoms with Crippen molar-refractivity contribution in [3.63, 3.8) is 0 Å². The van der Waals surface area contributed by atoms with E-state index in [9.17, 15) is 14.0 Å². The average molecular weight is 456 g/mol. The predicted octanol–water partition coefficient (Wildman–Crippen LogP) is 2.15. The summed E-state index contributed by atoms with van der Waals surface area (Å²) in [4.78, 5) is 32.1. The van der Waals surface area contributed by atoms with Crippen molar-refractivity contribution in [2.24, 2.45) is 0 Å². The van der Waals surface area contributed by atoms with Gasteiger partial charge in [0.25, 0.3) is 17.4 Å². The number of aromatic amines is 1. The lowest BCUT2D eigenvalue weighted by atomic mass is 9.98. The van der Waals surface area contributed by atoms with Crippen molar-refractivity contribution in [3.8, 4) is 11.5 Å². The van der Waals surface area contributed by atoms with Crippen LogP contribution in [0, 0.1) is 11.8 Å².